The summed E-state index contributed by atoms with van der Waals surface area (Å²) in [5.41, 5.74) is 0.435. The molecule has 1 saturated carbocycles. The van der Waals surface area contributed by atoms with Crippen molar-refractivity contribution in [3.8, 4) is 0 Å². The number of nitrogens with zero attached hydrogens (tertiary/aromatic N) is 1. The van der Waals surface area contributed by atoms with Crippen LogP contribution in [0.25, 0.3) is 0 Å². The van der Waals surface area contributed by atoms with Gasteiger partial charge in [-0.25, -0.2) is 0 Å². The Morgan fingerprint density at radius 1 is 1.50 bits per heavy atom. The molecule has 14 heavy (non-hydrogen) atoms. The Morgan fingerprint density at radius 3 is 2.64 bits per heavy atom. The molecule has 0 spiro atoms. The molecule has 2 unspecified atom stereocenters. The third kappa shape index (κ3) is 2.08. The fraction of sp³-hybridized carbons (Fsp3) is 0.909. The van der Waals surface area contributed by atoms with Crippen molar-refractivity contribution in [2.24, 2.45) is 4.99 Å². The van der Waals surface area contributed by atoms with Gasteiger partial charge in [-0.05, 0) is 26.2 Å². The van der Waals surface area contributed by atoms with E-state index in [1.54, 1.807) is 0 Å². The second-order valence-electron chi connectivity index (χ2n) is 4.65. The number of aliphatic imine (C=N–C) groups is 1. The highest BCUT2D eigenvalue weighted by molar-refractivity contribution is 8.14. The summed E-state index contributed by atoms with van der Waals surface area (Å²) in [7, 11) is 0. The Balaban J connectivity index is 1.89. The van der Waals surface area contributed by atoms with Crippen LogP contribution in [0.3, 0.4) is 0 Å². The van der Waals surface area contributed by atoms with Crippen molar-refractivity contribution in [3.63, 3.8) is 0 Å². The summed E-state index contributed by atoms with van der Waals surface area (Å²) in [5.74, 6) is 0. The number of rotatable bonds is 3. The molecule has 0 saturated heterocycles. The second-order valence-corrected chi connectivity index (χ2v) is 6.02. The number of hydrogen-bond donors (Lipinski definition) is 1. The van der Waals surface area contributed by atoms with Crippen molar-refractivity contribution in [3.05, 3.63) is 0 Å². The first-order chi connectivity index (χ1) is 6.65. The average Bonchev–Trinajstić information content (AvgIpc) is 2.77. The van der Waals surface area contributed by atoms with E-state index in [1.165, 1.54) is 30.9 Å². The summed E-state index contributed by atoms with van der Waals surface area (Å²) >= 11 is 1.91. The lowest BCUT2D eigenvalue weighted by Crippen LogP contribution is -2.34. The molecule has 0 aromatic heterocycles. The van der Waals surface area contributed by atoms with E-state index in [0.717, 1.165) is 0 Å². The molecule has 80 valence electrons. The summed E-state index contributed by atoms with van der Waals surface area (Å²) in [6.45, 7) is 6.72. The molecule has 2 nitrogen and oxygen atoms in total. The highest BCUT2D eigenvalue weighted by Gasteiger charge is 2.43. The Kier molecular flexibility index (Phi) is 2.78. The normalized spacial score (nSPS) is 34.1. The maximum absolute atomic E-state index is 4.65. The van der Waals surface area contributed by atoms with Gasteiger partial charge < -0.3 is 5.32 Å². The monoisotopic (exact) mass is 212 g/mol. The van der Waals surface area contributed by atoms with Gasteiger partial charge in [0.1, 0.15) is 0 Å². The van der Waals surface area contributed by atoms with Crippen LogP contribution in [0.15, 0.2) is 4.99 Å². The maximum Gasteiger partial charge on any atom is 0.157 e. The molecule has 0 radical (unpaired) electrons. The maximum atomic E-state index is 4.65. The van der Waals surface area contributed by atoms with Gasteiger partial charge in [0, 0.05) is 10.8 Å². The van der Waals surface area contributed by atoms with Crippen molar-refractivity contribution in [1.29, 1.82) is 0 Å². The smallest absolute Gasteiger partial charge is 0.157 e. The molecule has 2 rings (SSSR count). The van der Waals surface area contributed by atoms with Gasteiger partial charge in [0.05, 0.1) is 6.04 Å². The summed E-state index contributed by atoms with van der Waals surface area (Å²) in [6.07, 6.45) is 5.25. The Bertz CT molecular complexity index is 246. The molecule has 0 aromatic rings. The molecule has 1 fully saturated rings. The van der Waals surface area contributed by atoms with Gasteiger partial charge in [0.15, 0.2) is 5.17 Å². The quantitative estimate of drug-likeness (QED) is 0.778. The van der Waals surface area contributed by atoms with E-state index < -0.39 is 0 Å². The van der Waals surface area contributed by atoms with Crippen molar-refractivity contribution in [2.75, 3.05) is 0 Å². The van der Waals surface area contributed by atoms with Crippen molar-refractivity contribution in [2.45, 2.75) is 63.3 Å². The van der Waals surface area contributed by atoms with Gasteiger partial charge in [0.2, 0.25) is 0 Å². The van der Waals surface area contributed by atoms with E-state index >= 15 is 0 Å². The second kappa shape index (κ2) is 3.76. The SMILES string of the molecule is CCCC1(NC2=NC(C)C(C)S2)CC1. The van der Waals surface area contributed by atoms with E-state index in [9.17, 15) is 0 Å². The van der Waals surface area contributed by atoms with Crippen LogP contribution in [0.2, 0.25) is 0 Å². The van der Waals surface area contributed by atoms with E-state index in [2.05, 4.69) is 31.1 Å². The summed E-state index contributed by atoms with van der Waals surface area (Å²) in [4.78, 5) is 4.65. The molecule has 2 aliphatic rings. The Morgan fingerprint density at radius 2 is 2.21 bits per heavy atom. The largest absolute Gasteiger partial charge is 0.359 e. The van der Waals surface area contributed by atoms with E-state index in [-0.39, 0.29) is 0 Å². The third-order valence-electron chi connectivity index (χ3n) is 3.25. The van der Waals surface area contributed by atoms with Crippen LogP contribution in [0.5, 0.6) is 0 Å². The minimum atomic E-state index is 0.435. The first-order valence-electron chi connectivity index (χ1n) is 5.68. The summed E-state index contributed by atoms with van der Waals surface area (Å²) in [6, 6.07) is 0.486. The fourth-order valence-electron chi connectivity index (χ4n) is 1.95. The molecule has 1 heterocycles. The van der Waals surface area contributed by atoms with Crippen molar-refractivity contribution in [1.82, 2.24) is 5.32 Å². The predicted molar refractivity (Wildman–Crippen MR) is 64.0 cm³/mol. The molecule has 0 aromatic carbocycles. The lowest BCUT2D eigenvalue weighted by atomic mass is 10.1. The standard InChI is InChI=1S/C11H20N2S/c1-4-5-11(6-7-11)13-10-12-8(2)9(3)14-10/h8-9H,4-7H2,1-3H3,(H,12,13). The Labute approximate surface area is 90.9 Å². The average molecular weight is 212 g/mol. The van der Waals surface area contributed by atoms with Gasteiger partial charge in [-0.1, -0.05) is 32.0 Å². The molecular weight excluding hydrogens is 192 g/mol. The van der Waals surface area contributed by atoms with Crippen LogP contribution in [0.4, 0.5) is 0 Å². The van der Waals surface area contributed by atoms with Gasteiger partial charge >= 0.3 is 0 Å². The van der Waals surface area contributed by atoms with E-state index in [4.69, 9.17) is 0 Å². The van der Waals surface area contributed by atoms with E-state index in [1.807, 2.05) is 11.8 Å². The van der Waals surface area contributed by atoms with Crippen molar-refractivity contribution < 1.29 is 0 Å². The molecular formula is C11H20N2S. The third-order valence-corrected chi connectivity index (χ3v) is 4.45. The van der Waals surface area contributed by atoms with Gasteiger partial charge in [-0.2, -0.15) is 0 Å². The predicted octanol–water partition coefficient (Wildman–Crippen LogP) is 2.79. The first-order valence-corrected chi connectivity index (χ1v) is 6.56. The molecule has 1 aliphatic carbocycles. The number of hydrogen-bond acceptors (Lipinski definition) is 3. The first kappa shape index (κ1) is 10.3. The summed E-state index contributed by atoms with van der Waals surface area (Å²) in [5, 5.41) is 5.48. The molecule has 1 N–H and O–H groups in total. The highest BCUT2D eigenvalue weighted by atomic mass is 32.2. The lowest BCUT2D eigenvalue weighted by Gasteiger charge is -2.17. The molecule has 1 aliphatic heterocycles. The Hall–Kier alpha value is -0.180. The van der Waals surface area contributed by atoms with Crippen molar-refractivity contribution >= 4 is 16.9 Å². The van der Waals surface area contributed by atoms with Crippen LogP contribution in [-0.4, -0.2) is 22.0 Å². The highest BCUT2D eigenvalue weighted by Crippen LogP contribution is 2.41. The number of thioether (sulfide) groups is 1. The number of nitrogens with one attached hydrogen (secondary N) is 1. The molecule has 0 amide bonds. The number of amidine groups is 1. The van der Waals surface area contributed by atoms with Crippen LogP contribution < -0.4 is 5.32 Å². The van der Waals surface area contributed by atoms with Crippen LogP contribution >= 0.6 is 11.8 Å². The van der Waals surface area contributed by atoms with Gasteiger partial charge in [-0.15, -0.1) is 0 Å². The zero-order chi connectivity index (χ0) is 10.2. The van der Waals surface area contributed by atoms with Gasteiger partial charge in [-0.3, -0.25) is 4.99 Å². The van der Waals surface area contributed by atoms with Gasteiger partial charge in [0.25, 0.3) is 0 Å². The summed E-state index contributed by atoms with van der Waals surface area (Å²) < 4.78 is 0. The topological polar surface area (TPSA) is 24.4 Å². The zero-order valence-corrected chi connectivity index (χ0v) is 10.2. The zero-order valence-electron chi connectivity index (χ0n) is 9.34. The molecule has 3 heteroatoms. The molecule has 2 atom stereocenters. The fourth-order valence-corrected chi connectivity index (χ4v) is 3.06. The lowest BCUT2D eigenvalue weighted by molar-refractivity contribution is 0.543. The van der Waals surface area contributed by atoms with Crippen LogP contribution in [0, 0.1) is 0 Å². The minimum absolute atomic E-state index is 0.435. The van der Waals surface area contributed by atoms with Crippen LogP contribution in [-0.2, 0) is 0 Å². The van der Waals surface area contributed by atoms with E-state index in [0.29, 0.717) is 16.8 Å². The van der Waals surface area contributed by atoms with Crippen LogP contribution in [0.1, 0.15) is 46.5 Å². The molecule has 0 bridgehead atoms. The minimum Gasteiger partial charge on any atom is -0.359 e.